The number of hydrogen-bond donors (Lipinski definition) is 0. The van der Waals surface area contributed by atoms with Crippen LogP contribution in [-0.4, -0.2) is 13.4 Å². The minimum Gasteiger partial charge on any atom is -0.493 e. The molecule has 0 spiro atoms. The molecule has 3 rings (SSSR count). The van der Waals surface area contributed by atoms with Crippen molar-refractivity contribution in [3.63, 3.8) is 0 Å². The number of carbonyl (C=O) groups is 1. The predicted molar refractivity (Wildman–Crippen MR) is 118 cm³/mol. The van der Waals surface area contributed by atoms with Crippen LogP contribution in [0.4, 0.5) is 4.39 Å². The Morgan fingerprint density at radius 1 is 1.00 bits per heavy atom. The minimum absolute atomic E-state index is 0.259. The van der Waals surface area contributed by atoms with E-state index in [9.17, 15) is 9.18 Å². The minimum atomic E-state index is -0.372. The second-order valence-electron chi connectivity index (χ2n) is 7.26. The molecule has 154 valence electrons. The van der Waals surface area contributed by atoms with Crippen LogP contribution in [0.2, 0.25) is 0 Å². The first-order valence-electron chi connectivity index (χ1n) is 9.84. The van der Waals surface area contributed by atoms with Gasteiger partial charge < -0.3 is 9.47 Å². The molecule has 0 fully saturated rings. The normalized spacial score (nSPS) is 11.1. The van der Waals surface area contributed by atoms with Gasteiger partial charge in [0.15, 0.2) is 11.5 Å². The van der Waals surface area contributed by atoms with Crippen molar-refractivity contribution in [3.05, 3.63) is 89.2 Å². The van der Waals surface area contributed by atoms with E-state index < -0.39 is 0 Å². The van der Waals surface area contributed by atoms with Crippen molar-refractivity contribution in [1.82, 2.24) is 0 Å². The highest BCUT2D eigenvalue weighted by Crippen LogP contribution is 2.43. The SMILES string of the molecule is COc1cc(C(C)C)cc(-c2ccc(F)cc2/C=C/C=O)c1OCc1ccccc1. The van der Waals surface area contributed by atoms with E-state index in [-0.39, 0.29) is 11.7 Å². The molecule has 0 radical (unpaired) electrons. The summed E-state index contributed by atoms with van der Waals surface area (Å²) in [6, 6.07) is 18.4. The first-order chi connectivity index (χ1) is 14.5. The van der Waals surface area contributed by atoms with Gasteiger partial charge in [-0.05, 0) is 58.5 Å². The van der Waals surface area contributed by atoms with Crippen molar-refractivity contribution in [1.29, 1.82) is 0 Å². The van der Waals surface area contributed by atoms with Crippen molar-refractivity contribution in [2.75, 3.05) is 7.11 Å². The predicted octanol–water partition coefficient (Wildman–Crippen LogP) is 6.42. The topological polar surface area (TPSA) is 35.5 Å². The number of allylic oxidation sites excluding steroid dienone is 1. The Morgan fingerprint density at radius 3 is 2.43 bits per heavy atom. The molecule has 4 heteroatoms. The van der Waals surface area contributed by atoms with Gasteiger partial charge in [0, 0.05) is 5.56 Å². The molecule has 0 bridgehead atoms. The maximum Gasteiger partial charge on any atom is 0.169 e. The lowest BCUT2D eigenvalue weighted by atomic mass is 9.93. The van der Waals surface area contributed by atoms with Crippen LogP contribution in [0.25, 0.3) is 17.2 Å². The Hall–Kier alpha value is -3.40. The Morgan fingerprint density at radius 2 is 1.77 bits per heavy atom. The lowest BCUT2D eigenvalue weighted by Crippen LogP contribution is -2.02. The number of rotatable bonds is 8. The molecule has 0 saturated heterocycles. The van der Waals surface area contributed by atoms with Crippen LogP contribution in [0.15, 0.2) is 66.7 Å². The number of halogens is 1. The van der Waals surface area contributed by atoms with E-state index in [0.717, 1.165) is 22.3 Å². The van der Waals surface area contributed by atoms with Crippen LogP contribution >= 0.6 is 0 Å². The van der Waals surface area contributed by atoms with Gasteiger partial charge in [-0.2, -0.15) is 0 Å². The molecular weight excluding hydrogens is 379 g/mol. The summed E-state index contributed by atoms with van der Waals surface area (Å²) >= 11 is 0. The van der Waals surface area contributed by atoms with E-state index >= 15 is 0 Å². The van der Waals surface area contributed by atoms with Crippen LogP contribution in [-0.2, 0) is 11.4 Å². The van der Waals surface area contributed by atoms with Gasteiger partial charge >= 0.3 is 0 Å². The number of ether oxygens (including phenoxy) is 2. The molecule has 0 aliphatic rings. The summed E-state index contributed by atoms with van der Waals surface area (Å²) in [5.41, 5.74) is 4.25. The third kappa shape index (κ3) is 4.95. The third-order valence-electron chi connectivity index (χ3n) is 4.85. The summed E-state index contributed by atoms with van der Waals surface area (Å²) < 4.78 is 25.8. The Balaban J connectivity index is 2.17. The summed E-state index contributed by atoms with van der Waals surface area (Å²) in [6.45, 7) is 4.56. The number of aldehydes is 1. The zero-order valence-corrected chi connectivity index (χ0v) is 17.4. The van der Waals surface area contributed by atoms with Crippen molar-refractivity contribution < 1.29 is 18.7 Å². The zero-order chi connectivity index (χ0) is 21.5. The van der Waals surface area contributed by atoms with Crippen molar-refractivity contribution in [3.8, 4) is 22.6 Å². The molecule has 0 heterocycles. The fraction of sp³-hybridized carbons (Fsp3) is 0.192. The molecule has 0 amide bonds. The van der Waals surface area contributed by atoms with Gasteiger partial charge in [0.05, 0.1) is 7.11 Å². The van der Waals surface area contributed by atoms with Gasteiger partial charge in [-0.1, -0.05) is 56.3 Å². The summed E-state index contributed by atoms with van der Waals surface area (Å²) in [4.78, 5) is 10.9. The maximum atomic E-state index is 13.9. The first-order valence-corrected chi connectivity index (χ1v) is 9.84. The van der Waals surface area contributed by atoms with Crippen LogP contribution in [0.1, 0.15) is 36.5 Å². The average molecular weight is 404 g/mol. The van der Waals surface area contributed by atoms with Crippen molar-refractivity contribution in [2.45, 2.75) is 26.4 Å². The standard InChI is InChI=1S/C26H25FO3/c1-18(2)21-15-24(23-12-11-22(27)14-20(23)10-7-13-28)26(25(16-21)29-3)30-17-19-8-5-4-6-9-19/h4-16,18H,17H2,1-3H3/b10-7+. The molecular formula is C26H25FO3. The largest absolute Gasteiger partial charge is 0.493 e. The number of carbonyl (C=O) groups excluding carboxylic acids is 1. The van der Waals surface area contributed by atoms with Gasteiger partial charge in [0.25, 0.3) is 0 Å². The van der Waals surface area contributed by atoms with E-state index in [1.54, 1.807) is 19.3 Å². The highest BCUT2D eigenvalue weighted by molar-refractivity contribution is 5.84. The molecule has 3 aromatic rings. The van der Waals surface area contributed by atoms with Crippen LogP contribution < -0.4 is 9.47 Å². The molecule has 0 saturated carbocycles. The summed E-state index contributed by atoms with van der Waals surface area (Å²) in [5.74, 6) is 1.08. The second-order valence-corrected chi connectivity index (χ2v) is 7.26. The average Bonchev–Trinajstić information content (AvgIpc) is 2.76. The molecule has 0 aromatic heterocycles. The molecule has 3 nitrogen and oxygen atoms in total. The van der Waals surface area contributed by atoms with Crippen LogP contribution in [0.5, 0.6) is 11.5 Å². The van der Waals surface area contributed by atoms with E-state index in [0.29, 0.717) is 30.0 Å². The van der Waals surface area contributed by atoms with E-state index in [1.807, 2.05) is 42.5 Å². The smallest absolute Gasteiger partial charge is 0.169 e. The van der Waals surface area contributed by atoms with Gasteiger partial charge in [0.2, 0.25) is 0 Å². The fourth-order valence-electron chi connectivity index (χ4n) is 3.25. The van der Waals surface area contributed by atoms with Gasteiger partial charge in [-0.25, -0.2) is 4.39 Å². The third-order valence-corrected chi connectivity index (χ3v) is 4.85. The summed E-state index contributed by atoms with van der Waals surface area (Å²) in [5, 5.41) is 0. The first kappa shape index (κ1) is 21.3. The van der Waals surface area contributed by atoms with E-state index in [2.05, 4.69) is 13.8 Å². The summed E-state index contributed by atoms with van der Waals surface area (Å²) in [7, 11) is 1.61. The second kappa shape index (κ2) is 9.88. The Labute approximate surface area is 176 Å². The molecule has 0 aliphatic heterocycles. The quantitative estimate of drug-likeness (QED) is 0.321. The number of hydrogen-bond acceptors (Lipinski definition) is 3. The lowest BCUT2D eigenvalue weighted by molar-refractivity contribution is -0.104. The van der Waals surface area contributed by atoms with Gasteiger partial charge in [-0.3, -0.25) is 4.79 Å². The number of methoxy groups -OCH3 is 1. The van der Waals surface area contributed by atoms with E-state index in [4.69, 9.17) is 9.47 Å². The maximum absolute atomic E-state index is 13.9. The van der Waals surface area contributed by atoms with Crippen molar-refractivity contribution >= 4 is 12.4 Å². The molecule has 0 N–H and O–H groups in total. The molecule has 0 atom stereocenters. The summed E-state index contributed by atoms with van der Waals surface area (Å²) in [6.07, 6.45) is 3.62. The van der Waals surface area contributed by atoms with E-state index in [1.165, 1.54) is 18.2 Å². The highest BCUT2D eigenvalue weighted by atomic mass is 19.1. The van der Waals surface area contributed by atoms with Crippen LogP contribution in [0, 0.1) is 5.82 Å². The molecule has 0 aliphatic carbocycles. The Bertz CT molecular complexity index is 1040. The van der Waals surface area contributed by atoms with Gasteiger partial charge in [-0.15, -0.1) is 0 Å². The molecule has 0 unspecified atom stereocenters. The van der Waals surface area contributed by atoms with Crippen molar-refractivity contribution in [2.24, 2.45) is 0 Å². The molecule has 3 aromatic carbocycles. The monoisotopic (exact) mass is 404 g/mol. The number of benzene rings is 3. The molecule has 30 heavy (non-hydrogen) atoms. The zero-order valence-electron chi connectivity index (χ0n) is 17.4. The fourth-order valence-corrected chi connectivity index (χ4v) is 3.25. The van der Waals surface area contributed by atoms with Crippen LogP contribution in [0.3, 0.4) is 0 Å². The van der Waals surface area contributed by atoms with Gasteiger partial charge in [0.1, 0.15) is 18.7 Å². The lowest BCUT2D eigenvalue weighted by Gasteiger charge is -2.20. The Kier molecular flexibility index (Phi) is 7.02. The highest BCUT2D eigenvalue weighted by Gasteiger charge is 2.18.